The number of aliphatic carboxylic acids is 1. The maximum absolute atomic E-state index is 12.6. The van der Waals surface area contributed by atoms with Crippen molar-refractivity contribution in [2.24, 2.45) is 0 Å². The van der Waals surface area contributed by atoms with Crippen LogP contribution in [0.2, 0.25) is 0 Å². The molecule has 4 nitrogen and oxygen atoms in total. The highest BCUT2D eigenvalue weighted by Gasteiger charge is 2.39. The Balaban J connectivity index is 2.74. The second-order valence-corrected chi connectivity index (χ2v) is 2.62. The van der Waals surface area contributed by atoms with E-state index in [1.165, 1.54) is 13.0 Å². The topological polar surface area (TPSA) is 63.3 Å². The molecule has 1 aromatic heterocycles. The molecular formula is C7H7F2NO3. The summed E-state index contributed by atoms with van der Waals surface area (Å²) >= 11 is 0. The zero-order valence-electron chi connectivity index (χ0n) is 6.75. The summed E-state index contributed by atoms with van der Waals surface area (Å²) in [6, 6.07) is 1.27. The molecule has 0 saturated carbocycles. The molecule has 0 unspecified atom stereocenters. The Hall–Kier alpha value is -1.46. The number of hydrogen-bond acceptors (Lipinski definition) is 3. The summed E-state index contributed by atoms with van der Waals surface area (Å²) in [5.74, 6) is -5.58. The van der Waals surface area contributed by atoms with E-state index in [0.29, 0.717) is 5.76 Å². The molecule has 72 valence electrons. The Morgan fingerprint density at radius 2 is 2.38 bits per heavy atom. The molecule has 0 aliphatic rings. The lowest BCUT2D eigenvalue weighted by Crippen LogP contribution is -2.30. The van der Waals surface area contributed by atoms with Gasteiger partial charge >= 0.3 is 11.9 Å². The fourth-order valence-corrected chi connectivity index (χ4v) is 0.804. The van der Waals surface area contributed by atoms with Crippen LogP contribution in [0, 0.1) is 6.92 Å². The summed E-state index contributed by atoms with van der Waals surface area (Å²) in [5, 5.41) is 11.4. The molecule has 1 aromatic rings. The number of carboxylic acid groups (broad SMARTS) is 1. The van der Waals surface area contributed by atoms with E-state index in [4.69, 9.17) is 5.11 Å². The van der Waals surface area contributed by atoms with Crippen LogP contribution in [0.15, 0.2) is 10.6 Å². The highest BCUT2D eigenvalue weighted by atomic mass is 19.3. The largest absolute Gasteiger partial charge is 0.477 e. The van der Waals surface area contributed by atoms with E-state index in [1.54, 1.807) is 0 Å². The Bertz CT molecular complexity index is 321. The third-order valence-electron chi connectivity index (χ3n) is 1.39. The molecule has 0 aliphatic heterocycles. The van der Waals surface area contributed by atoms with Crippen molar-refractivity contribution >= 4 is 5.97 Å². The molecule has 0 spiro atoms. The van der Waals surface area contributed by atoms with Crippen molar-refractivity contribution < 1.29 is 23.2 Å². The first kappa shape index (κ1) is 9.63. The normalized spacial score (nSPS) is 11.6. The highest BCUT2D eigenvalue weighted by Crippen LogP contribution is 2.19. The van der Waals surface area contributed by atoms with Gasteiger partial charge in [0.15, 0.2) is 0 Å². The first-order chi connectivity index (χ1) is 5.92. The fraction of sp³-hybridized carbons (Fsp3) is 0.429. The number of nitrogens with zero attached hydrogens (tertiary/aromatic N) is 1. The predicted molar refractivity (Wildman–Crippen MR) is 37.5 cm³/mol. The third-order valence-corrected chi connectivity index (χ3v) is 1.39. The molecule has 0 atom stereocenters. The molecule has 1 heterocycles. The molecule has 0 radical (unpaired) electrons. The van der Waals surface area contributed by atoms with E-state index in [9.17, 15) is 13.6 Å². The zero-order valence-corrected chi connectivity index (χ0v) is 6.75. The minimum atomic E-state index is -3.79. The van der Waals surface area contributed by atoms with Crippen LogP contribution in [-0.4, -0.2) is 22.2 Å². The lowest BCUT2D eigenvalue weighted by atomic mass is 10.2. The maximum Gasteiger partial charge on any atom is 0.374 e. The van der Waals surface area contributed by atoms with Gasteiger partial charge in [-0.05, 0) is 6.92 Å². The molecule has 13 heavy (non-hydrogen) atoms. The van der Waals surface area contributed by atoms with Crippen molar-refractivity contribution in [3.8, 4) is 0 Å². The molecular weight excluding hydrogens is 184 g/mol. The molecule has 1 N–H and O–H groups in total. The van der Waals surface area contributed by atoms with E-state index >= 15 is 0 Å². The Morgan fingerprint density at radius 1 is 1.77 bits per heavy atom. The van der Waals surface area contributed by atoms with Crippen LogP contribution in [0.1, 0.15) is 11.5 Å². The standard InChI is InChI=1S/C7H7F2NO3/c1-4-2-5(10-13-4)3-7(8,9)6(11)12/h2H,3H2,1H3,(H,11,12). The van der Waals surface area contributed by atoms with Gasteiger partial charge in [-0.15, -0.1) is 0 Å². The van der Waals surface area contributed by atoms with E-state index < -0.39 is 18.3 Å². The summed E-state index contributed by atoms with van der Waals surface area (Å²) in [7, 11) is 0. The van der Waals surface area contributed by atoms with Crippen molar-refractivity contribution in [1.29, 1.82) is 0 Å². The average Bonchev–Trinajstić information content (AvgIpc) is 2.34. The van der Waals surface area contributed by atoms with Crippen LogP contribution in [0.3, 0.4) is 0 Å². The summed E-state index contributed by atoms with van der Waals surface area (Å²) in [6.07, 6.45) is -0.945. The number of carboxylic acids is 1. The Morgan fingerprint density at radius 3 is 2.77 bits per heavy atom. The van der Waals surface area contributed by atoms with Crippen molar-refractivity contribution in [3.05, 3.63) is 17.5 Å². The van der Waals surface area contributed by atoms with Gasteiger partial charge < -0.3 is 9.63 Å². The molecule has 0 aromatic carbocycles. The van der Waals surface area contributed by atoms with Crippen LogP contribution in [0.25, 0.3) is 0 Å². The summed E-state index contributed by atoms with van der Waals surface area (Å²) in [5.41, 5.74) is -0.0649. The summed E-state index contributed by atoms with van der Waals surface area (Å²) in [6.45, 7) is 1.54. The monoisotopic (exact) mass is 191 g/mol. The van der Waals surface area contributed by atoms with Gasteiger partial charge in [-0.1, -0.05) is 5.16 Å². The van der Waals surface area contributed by atoms with Crippen LogP contribution < -0.4 is 0 Å². The lowest BCUT2D eigenvalue weighted by Gasteiger charge is -2.07. The second-order valence-electron chi connectivity index (χ2n) is 2.62. The van der Waals surface area contributed by atoms with Crippen molar-refractivity contribution in [2.75, 3.05) is 0 Å². The zero-order chi connectivity index (χ0) is 10.1. The van der Waals surface area contributed by atoms with Gasteiger partial charge in [0.25, 0.3) is 0 Å². The number of carbonyl (C=O) groups is 1. The van der Waals surface area contributed by atoms with Crippen LogP contribution in [0.4, 0.5) is 8.78 Å². The molecule has 1 rings (SSSR count). The minimum Gasteiger partial charge on any atom is -0.477 e. The first-order valence-corrected chi connectivity index (χ1v) is 3.45. The first-order valence-electron chi connectivity index (χ1n) is 3.45. The molecule has 0 saturated heterocycles. The van der Waals surface area contributed by atoms with Gasteiger partial charge in [-0.25, -0.2) is 4.79 Å². The van der Waals surface area contributed by atoms with Crippen molar-refractivity contribution in [1.82, 2.24) is 5.16 Å². The Kier molecular flexibility index (Phi) is 2.31. The molecule has 0 fully saturated rings. The quantitative estimate of drug-likeness (QED) is 0.780. The van der Waals surface area contributed by atoms with E-state index in [1.807, 2.05) is 0 Å². The van der Waals surface area contributed by atoms with Gasteiger partial charge in [0, 0.05) is 6.07 Å². The second kappa shape index (κ2) is 3.12. The van der Waals surface area contributed by atoms with E-state index in [2.05, 4.69) is 9.68 Å². The SMILES string of the molecule is Cc1cc(CC(F)(F)C(=O)O)no1. The average molecular weight is 191 g/mol. The van der Waals surface area contributed by atoms with Crippen molar-refractivity contribution in [3.63, 3.8) is 0 Å². The number of aromatic nitrogens is 1. The third kappa shape index (κ3) is 2.24. The molecule has 6 heteroatoms. The number of hydrogen-bond donors (Lipinski definition) is 1. The summed E-state index contributed by atoms with van der Waals surface area (Å²) in [4.78, 5) is 10.0. The molecule has 0 bridgehead atoms. The molecule has 0 amide bonds. The molecule has 0 aliphatic carbocycles. The highest BCUT2D eigenvalue weighted by molar-refractivity contribution is 5.75. The van der Waals surface area contributed by atoms with E-state index in [-0.39, 0.29) is 5.69 Å². The van der Waals surface area contributed by atoms with Gasteiger partial charge in [0.1, 0.15) is 5.76 Å². The predicted octanol–water partition coefficient (Wildman–Crippen LogP) is 1.25. The van der Waals surface area contributed by atoms with Gasteiger partial charge in [0.05, 0.1) is 12.1 Å². The Labute approximate surface area is 72.1 Å². The minimum absolute atomic E-state index is 0.0649. The summed E-state index contributed by atoms with van der Waals surface area (Å²) < 4.78 is 29.6. The van der Waals surface area contributed by atoms with Crippen LogP contribution >= 0.6 is 0 Å². The van der Waals surface area contributed by atoms with Gasteiger partial charge in [-0.3, -0.25) is 0 Å². The van der Waals surface area contributed by atoms with Crippen molar-refractivity contribution in [2.45, 2.75) is 19.3 Å². The van der Waals surface area contributed by atoms with Gasteiger partial charge in [-0.2, -0.15) is 8.78 Å². The number of alkyl halides is 2. The number of halogens is 2. The van der Waals surface area contributed by atoms with E-state index in [0.717, 1.165) is 0 Å². The lowest BCUT2D eigenvalue weighted by molar-refractivity contribution is -0.164. The maximum atomic E-state index is 12.6. The van der Waals surface area contributed by atoms with Crippen LogP contribution in [0.5, 0.6) is 0 Å². The fourth-order valence-electron chi connectivity index (χ4n) is 0.804. The number of rotatable bonds is 3. The van der Waals surface area contributed by atoms with Gasteiger partial charge in [0.2, 0.25) is 0 Å². The number of aryl methyl sites for hydroxylation is 1. The van der Waals surface area contributed by atoms with Crippen LogP contribution in [-0.2, 0) is 11.2 Å². The smallest absolute Gasteiger partial charge is 0.374 e.